The highest BCUT2D eigenvalue weighted by atomic mass is 15.1. The van der Waals surface area contributed by atoms with Crippen LogP contribution in [0.25, 0.3) is 10.9 Å². The highest BCUT2D eigenvalue weighted by molar-refractivity contribution is 5.80. The summed E-state index contributed by atoms with van der Waals surface area (Å²) in [6.07, 6.45) is 6.41. The number of aromatic nitrogens is 1. The van der Waals surface area contributed by atoms with Gasteiger partial charge in [0.1, 0.15) is 0 Å². The third-order valence-electron chi connectivity index (χ3n) is 6.25. The zero-order valence-corrected chi connectivity index (χ0v) is 15.9. The van der Waals surface area contributed by atoms with Crippen LogP contribution in [0.3, 0.4) is 0 Å². The summed E-state index contributed by atoms with van der Waals surface area (Å²) in [6.45, 7) is 5.95. The molecule has 0 bridgehead atoms. The summed E-state index contributed by atoms with van der Waals surface area (Å²) >= 11 is 0. The van der Waals surface area contributed by atoms with Crippen LogP contribution in [0.4, 0.5) is 0 Å². The Morgan fingerprint density at radius 1 is 1.04 bits per heavy atom. The van der Waals surface area contributed by atoms with Crippen LogP contribution >= 0.6 is 0 Å². The van der Waals surface area contributed by atoms with Crippen molar-refractivity contribution in [3.63, 3.8) is 0 Å². The largest absolute Gasteiger partial charge is 0.358 e. The van der Waals surface area contributed by atoms with Gasteiger partial charge in [-0.1, -0.05) is 55.5 Å². The van der Waals surface area contributed by atoms with Gasteiger partial charge in [-0.05, 0) is 67.1 Å². The van der Waals surface area contributed by atoms with Crippen molar-refractivity contribution in [1.29, 1.82) is 0 Å². The second-order valence-electron chi connectivity index (χ2n) is 8.04. The Balaban J connectivity index is 1.42. The normalized spacial score (nSPS) is 21.3. The fourth-order valence-electron chi connectivity index (χ4n) is 4.62. The monoisotopic (exact) mass is 346 g/mol. The van der Waals surface area contributed by atoms with Crippen molar-refractivity contribution in [1.82, 2.24) is 9.88 Å². The summed E-state index contributed by atoms with van der Waals surface area (Å²) in [5.74, 6) is 0. The molecule has 0 radical (unpaired) electrons. The first-order chi connectivity index (χ1) is 12.8. The predicted molar refractivity (Wildman–Crippen MR) is 110 cm³/mol. The molecule has 1 N–H and O–H groups in total. The number of nitrogens with one attached hydrogen (secondary N) is 1. The fourth-order valence-corrected chi connectivity index (χ4v) is 4.62. The molecule has 2 heteroatoms. The predicted octanol–water partition coefficient (Wildman–Crippen LogP) is 5.79. The van der Waals surface area contributed by atoms with E-state index >= 15 is 0 Å². The minimum absolute atomic E-state index is 0.463. The van der Waals surface area contributed by atoms with E-state index in [0.717, 1.165) is 13.0 Å². The molecule has 3 aromatic rings. The lowest BCUT2D eigenvalue weighted by Crippen LogP contribution is -2.42. The quantitative estimate of drug-likeness (QED) is 0.598. The van der Waals surface area contributed by atoms with E-state index in [1.807, 2.05) is 0 Å². The molecule has 1 saturated heterocycles. The molecule has 0 spiro atoms. The number of rotatable bonds is 6. The summed E-state index contributed by atoms with van der Waals surface area (Å²) in [7, 11) is 0. The summed E-state index contributed by atoms with van der Waals surface area (Å²) in [5, 5.41) is 1.34. The van der Waals surface area contributed by atoms with Crippen molar-refractivity contribution in [2.45, 2.75) is 45.6 Å². The summed E-state index contributed by atoms with van der Waals surface area (Å²) in [4.78, 5) is 6.29. The van der Waals surface area contributed by atoms with Gasteiger partial charge in [0.2, 0.25) is 0 Å². The van der Waals surface area contributed by atoms with E-state index in [-0.39, 0.29) is 0 Å². The van der Waals surface area contributed by atoms with E-state index in [9.17, 15) is 0 Å². The number of benzene rings is 2. The van der Waals surface area contributed by atoms with Gasteiger partial charge < -0.3 is 4.98 Å². The Kier molecular flexibility index (Phi) is 5.12. The number of fused-ring (bicyclic) bond motifs is 1. The molecule has 26 heavy (non-hydrogen) atoms. The molecule has 2 aromatic carbocycles. The van der Waals surface area contributed by atoms with E-state index in [1.165, 1.54) is 60.9 Å². The SMILES string of the molecule is CCC1(CCc2cc3ccccc3[nH]2)CCCN(Cc2ccccc2)C1. The lowest BCUT2D eigenvalue weighted by molar-refractivity contribution is 0.0709. The minimum Gasteiger partial charge on any atom is -0.358 e. The average Bonchev–Trinajstić information content (AvgIpc) is 3.11. The third-order valence-corrected chi connectivity index (χ3v) is 6.25. The second kappa shape index (κ2) is 7.67. The number of aromatic amines is 1. The van der Waals surface area contributed by atoms with Crippen molar-refractivity contribution in [2.24, 2.45) is 5.41 Å². The van der Waals surface area contributed by atoms with Crippen molar-refractivity contribution in [2.75, 3.05) is 13.1 Å². The Morgan fingerprint density at radius 3 is 2.65 bits per heavy atom. The van der Waals surface area contributed by atoms with Gasteiger partial charge in [-0.15, -0.1) is 0 Å². The molecule has 1 atom stereocenters. The Bertz CT molecular complexity index is 803. The topological polar surface area (TPSA) is 19.0 Å². The summed E-state index contributed by atoms with van der Waals surface area (Å²) in [6, 6.07) is 21.9. The number of aryl methyl sites for hydroxylation is 1. The van der Waals surface area contributed by atoms with Gasteiger partial charge in [0.15, 0.2) is 0 Å². The smallest absolute Gasteiger partial charge is 0.0456 e. The molecular formula is C24H30N2. The number of hydrogen-bond donors (Lipinski definition) is 1. The van der Waals surface area contributed by atoms with Crippen LogP contribution in [0.2, 0.25) is 0 Å². The highest BCUT2D eigenvalue weighted by Crippen LogP contribution is 2.38. The van der Waals surface area contributed by atoms with Gasteiger partial charge in [0.25, 0.3) is 0 Å². The maximum absolute atomic E-state index is 3.61. The van der Waals surface area contributed by atoms with E-state index < -0.39 is 0 Å². The average molecular weight is 347 g/mol. The molecule has 136 valence electrons. The Hall–Kier alpha value is -2.06. The Labute approximate surface area is 157 Å². The first-order valence-corrected chi connectivity index (χ1v) is 10.1. The van der Waals surface area contributed by atoms with Gasteiger partial charge in [0, 0.05) is 24.3 Å². The van der Waals surface area contributed by atoms with Crippen LogP contribution in [-0.2, 0) is 13.0 Å². The molecule has 2 nitrogen and oxygen atoms in total. The molecule has 2 heterocycles. The van der Waals surface area contributed by atoms with Gasteiger partial charge >= 0.3 is 0 Å². The number of likely N-dealkylation sites (tertiary alicyclic amines) is 1. The molecule has 0 aliphatic carbocycles. The molecule has 0 saturated carbocycles. The van der Waals surface area contributed by atoms with Crippen LogP contribution in [-0.4, -0.2) is 23.0 Å². The molecule has 1 aliphatic heterocycles. The Morgan fingerprint density at radius 2 is 1.85 bits per heavy atom. The number of nitrogens with zero attached hydrogens (tertiary/aromatic N) is 1. The van der Waals surface area contributed by atoms with Crippen molar-refractivity contribution < 1.29 is 0 Å². The van der Waals surface area contributed by atoms with Crippen LogP contribution in [0.15, 0.2) is 60.7 Å². The van der Waals surface area contributed by atoms with Crippen LogP contribution < -0.4 is 0 Å². The number of piperidine rings is 1. The minimum atomic E-state index is 0.463. The molecule has 4 rings (SSSR count). The molecule has 1 unspecified atom stereocenters. The number of H-pyrrole nitrogens is 1. The van der Waals surface area contributed by atoms with E-state index in [4.69, 9.17) is 0 Å². The van der Waals surface area contributed by atoms with Crippen molar-refractivity contribution >= 4 is 10.9 Å². The zero-order chi connectivity index (χ0) is 17.8. The maximum Gasteiger partial charge on any atom is 0.0456 e. The van der Waals surface area contributed by atoms with Crippen LogP contribution in [0, 0.1) is 5.41 Å². The summed E-state index contributed by atoms with van der Waals surface area (Å²) < 4.78 is 0. The van der Waals surface area contributed by atoms with E-state index in [2.05, 4.69) is 77.5 Å². The van der Waals surface area contributed by atoms with Crippen LogP contribution in [0.5, 0.6) is 0 Å². The van der Waals surface area contributed by atoms with Gasteiger partial charge in [0.05, 0.1) is 0 Å². The summed E-state index contributed by atoms with van der Waals surface area (Å²) in [5.41, 5.74) is 4.56. The van der Waals surface area contributed by atoms with E-state index in [0.29, 0.717) is 5.41 Å². The van der Waals surface area contributed by atoms with Gasteiger partial charge in [-0.25, -0.2) is 0 Å². The number of para-hydroxylation sites is 1. The van der Waals surface area contributed by atoms with Crippen molar-refractivity contribution in [3.8, 4) is 0 Å². The molecule has 1 aliphatic rings. The molecule has 0 amide bonds. The fraction of sp³-hybridized carbons (Fsp3) is 0.417. The van der Waals surface area contributed by atoms with Gasteiger partial charge in [-0.2, -0.15) is 0 Å². The maximum atomic E-state index is 3.61. The zero-order valence-electron chi connectivity index (χ0n) is 15.9. The first-order valence-electron chi connectivity index (χ1n) is 10.1. The lowest BCUT2D eigenvalue weighted by atomic mass is 9.74. The molecule has 1 aromatic heterocycles. The third kappa shape index (κ3) is 3.86. The second-order valence-corrected chi connectivity index (χ2v) is 8.04. The van der Waals surface area contributed by atoms with Crippen LogP contribution in [0.1, 0.15) is 43.9 Å². The van der Waals surface area contributed by atoms with E-state index in [1.54, 1.807) is 0 Å². The standard InChI is InChI=1S/C24H30N2/c1-2-24(15-13-22-17-21-11-6-7-12-23(21)25-22)14-8-16-26(19-24)18-20-9-4-3-5-10-20/h3-7,9-12,17,25H,2,8,13-16,18-19H2,1H3. The van der Waals surface area contributed by atoms with Gasteiger partial charge in [-0.3, -0.25) is 4.90 Å². The lowest BCUT2D eigenvalue weighted by Gasteiger charge is -2.43. The molecular weight excluding hydrogens is 316 g/mol. The molecule has 1 fully saturated rings. The number of hydrogen-bond acceptors (Lipinski definition) is 1. The van der Waals surface area contributed by atoms with Crippen molar-refractivity contribution in [3.05, 3.63) is 71.9 Å². The first kappa shape index (κ1) is 17.4. The highest BCUT2D eigenvalue weighted by Gasteiger charge is 2.33.